The van der Waals surface area contributed by atoms with Crippen molar-refractivity contribution in [3.63, 3.8) is 0 Å². The Balaban J connectivity index is -0.000000101. The molecule has 72 valence electrons. The Labute approximate surface area is 106 Å². The topological polar surface area (TPSA) is 157 Å². The van der Waals surface area contributed by atoms with Gasteiger partial charge in [0, 0.05) is 0 Å². The molecule has 0 saturated carbocycles. The summed E-state index contributed by atoms with van der Waals surface area (Å²) >= 11 is 0. The Morgan fingerprint density at radius 1 is 0.929 bits per heavy atom. The summed E-state index contributed by atoms with van der Waals surface area (Å²) in [6.07, 6.45) is 0. The summed E-state index contributed by atoms with van der Waals surface area (Å²) in [6.45, 7) is 0. The number of hydrogen-bond donors (Lipinski definition) is 5. The van der Waals surface area contributed by atoms with Crippen LogP contribution in [0.3, 0.4) is 0 Å². The second-order valence-electron chi connectivity index (χ2n) is 1.63. The third kappa shape index (κ3) is 9.10. The van der Waals surface area contributed by atoms with Gasteiger partial charge in [-0.1, -0.05) is 0 Å². The maximum Gasteiger partial charge on any atom is 1.00 e. The van der Waals surface area contributed by atoms with Crippen LogP contribution < -0.4 is 65.8 Å². The van der Waals surface area contributed by atoms with Crippen LogP contribution in [0.1, 0.15) is 2.85 Å². The van der Waals surface area contributed by atoms with Gasteiger partial charge in [-0.2, -0.15) is 0 Å². The van der Waals surface area contributed by atoms with Gasteiger partial charge in [-0.25, -0.2) is 25.2 Å². The van der Waals surface area contributed by atoms with Crippen molar-refractivity contribution in [3.8, 4) is 0 Å². The molecule has 0 aliphatic rings. The predicted octanol–water partition coefficient (Wildman–Crippen LogP) is -8.23. The van der Waals surface area contributed by atoms with E-state index in [1.807, 2.05) is 0 Å². The first-order valence-corrected chi connectivity index (χ1v) is 2.65. The van der Waals surface area contributed by atoms with Crippen LogP contribution in [-0.2, 0) is 0 Å². The molecule has 6 amide bonds. The Bertz CT molecular complexity index is 215. The standard InChI is InChI=1S/C3H8N6O3.2Li.2H/c4-1(10)7-9(3(6)12)8-2(5)11;;;;/h(H2,6,12)(H3,4,7,10)(H3,5,8,11);;;;/q;2*+1;2*-1. The number of carbonyl (C=O) groups excluding carboxylic acids is 3. The van der Waals surface area contributed by atoms with E-state index >= 15 is 0 Å². The van der Waals surface area contributed by atoms with Crippen molar-refractivity contribution >= 4 is 18.1 Å². The molecule has 0 bridgehead atoms. The fourth-order valence-corrected chi connectivity index (χ4v) is 0.359. The number of rotatable bonds is 0. The molecule has 0 radical (unpaired) electrons. The molecule has 9 nitrogen and oxygen atoms in total. The van der Waals surface area contributed by atoms with Gasteiger partial charge in [0.25, 0.3) is 0 Å². The molecule has 0 aromatic heterocycles. The maximum absolute atomic E-state index is 10.4. The number of nitrogens with zero attached hydrogens (tertiary/aromatic N) is 1. The van der Waals surface area contributed by atoms with Crippen LogP contribution >= 0.6 is 0 Å². The SMILES string of the molecule is NC(=O)NN(NC(N)=O)C(N)=O.[H-].[H-].[Li+].[Li+]. The fraction of sp³-hybridized carbons (Fsp3) is 0. The van der Waals surface area contributed by atoms with E-state index in [1.165, 1.54) is 0 Å². The summed E-state index contributed by atoms with van der Waals surface area (Å²) in [5.74, 6) is 0. The van der Waals surface area contributed by atoms with E-state index in [2.05, 4.69) is 17.2 Å². The first-order valence-electron chi connectivity index (χ1n) is 2.65. The fourth-order valence-electron chi connectivity index (χ4n) is 0.359. The van der Waals surface area contributed by atoms with E-state index < -0.39 is 18.1 Å². The molecule has 0 aromatic rings. The Morgan fingerprint density at radius 3 is 1.36 bits per heavy atom. The zero-order valence-electron chi connectivity index (χ0n) is 9.90. The molecule has 0 rings (SSSR count). The molecule has 0 fully saturated rings. The molecule has 0 saturated heterocycles. The van der Waals surface area contributed by atoms with Gasteiger partial charge in [-0.05, 0) is 0 Å². The summed E-state index contributed by atoms with van der Waals surface area (Å²) in [5.41, 5.74) is 17.3. The van der Waals surface area contributed by atoms with Gasteiger partial charge in [-0.3, -0.25) is 0 Å². The van der Waals surface area contributed by atoms with Gasteiger partial charge in [0.2, 0.25) is 0 Å². The van der Waals surface area contributed by atoms with E-state index in [0.29, 0.717) is 0 Å². The van der Waals surface area contributed by atoms with Gasteiger partial charge in [0.05, 0.1) is 0 Å². The summed E-state index contributed by atoms with van der Waals surface area (Å²) in [6, 6.07) is -3.27. The van der Waals surface area contributed by atoms with Gasteiger partial charge in [-0.15, -0.1) is 5.12 Å². The molecule has 11 heteroatoms. The van der Waals surface area contributed by atoms with E-state index in [0.717, 1.165) is 0 Å². The van der Waals surface area contributed by atoms with Gasteiger partial charge in [0.15, 0.2) is 0 Å². The van der Waals surface area contributed by atoms with Gasteiger partial charge < -0.3 is 20.1 Å². The van der Waals surface area contributed by atoms with Crippen molar-refractivity contribution in [2.75, 3.05) is 0 Å². The van der Waals surface area contributed by atoms with Crippen molar-refractivity contribution in [2.45, 2.75) is 0 Å². The Hall–Kier alpha value is -0.995. The number of nitrogens with two attached hydrogens (primary N) is 3. The molecular formula is C3H10Li2N6O3. The number of carbonyl (C=O) groups is 3. The predicted molar refractivity (Wildman–Crippen MR) is 39.1 cm³/mol. The molecule has 0 aliphatic carbocycles. The minimum Gasteiger partial charge on any atom is -1.00 e. The van der Waals surface area contributed by atoms with Crippen LogP contribution in [0.5, 0.6) is 0 Å². The van der Waals surface area contributed by atoms with Crippen molar-refractivity contribution < 1.29 is 55.0 Å². The first kappa shape index (κ1) is 18.7. The smallest absolute Gasteiger partial charge is 1.00 e. The van der Waals surface area contributed by atoms with Gasteiger partial charge >= 0.3 is 55.8 Å². The number of amides is 6. The molecule has 0 spiro atoms. The molecule has 0 aliphatic heterocycles. The van der Waals surface area contributed by atoms with Crippen LogP contribution in [0.25, 0.3) is 0 Å². The molecule has 0 atom stereocenters. The number of nitrogens with one attached hydrogen (secondary N) is 2. The average Bonchev–Trinajstić information content (AvgIpc) is 1.83. The van der Waals surface area contributed by atoms with Crippen LogP contribution in [0.4, 0.5) is 14.4 Å². The second kappa shape index (κ2) is 8.60. The second-order valence-corrected chi connectivity index (χ2v) is 1.63. The number of primary amides is 3. The third-order valence-corrected chi connectivity index (χ3v) is 0.664. The quantitative estimate of drug-likeness (QED) is 0.191. The molecule has 0 heterocycles. The number of urea groups is 3. The van der Waals surface area contributed by atoms with E-state index in [-0.39, 0.29) is 45.7 Å². The minimum absolute atomic E-state index is 0. The van der Waals surface area contributed by atoms with E-state index in [1.54, 1.807) is 10.9 Å². The third-order valence-electron chi connectivity index (χ3n) is 0.664. The van der Waals surface area contributed by atoms with Crippen molar-refractivity contribution in [2.24, 2.45) is 17.2 Å². The van der Waals surface area contributed by atoms with E-state index in [4.69, 9.17) is 0 Å². The number of hydrazine groups is 2. The number of hydrogen-bond acceptors (Lipinski definition) is 3. The normalized spacial score (nSPS) is 7.14. The molecular weight excluding hydrogens is 182 g/mol. The zero-order valence-corrected chi connectivity index (χ0v) is 7.90. The molecule has 14 heavy (non-hydrogen) atoms. The molecule has 0 unspecified atom stereocenters. The largest absolute Gasteiger partial charge is 1.00 e. The maximum atomic E-state index is 10.4. The van der Waals surface area contributed by atoms with Crippen LogP contribution in [0.15, 0.2) is 0 Å². The van der Waals surface area contributed by atoms with E-state index in [9.17, 15) is 14.4 Å². The van der Waals surface area contributed by atoms with Crippen LogP contribution in [-0.4, -0.2) is 23.2 Å². The summed E-state index contributed by atoms with van der Waals surface area (Å²) in [4.78, 5) is 30.7. The van der Waals surface area contributed by atoms with Crippen LogP contribution in [0, 0.1) is 0 Å². The Kier molecular flexibility index (Phi) is 11.5. The Morgan fingerprint density at radius 2 is 1.21 bits per heavy atom. The van der Waals surface area contributed by atoms with Crippen LogP contribution in [0.2, 0.25) is 0 Å². The van der Waals surface area contributed by atoms with Gasteiger partial charge in [0.1, 0.15) is 0 Å². The van der Waals surface area contributed by atoms with Crippen molar-refractivity contribution in [3.05, 3.63) is 0 Å². The molecule has 8 N–H and O–H groups in total. The summed E-state index contributed by atoms with van der Waals surface area (Å²) in [5, 5.41) is 0.255. The van der Waals surface area contributed by atoms with Crippen molar-refractivity contribution in [1.29, 1.82) is 0 Å². The molecule has 0 aromatic carbocycles. The average molecular weight is 192 g/mol. The summed E-state index contributed by atoms with van der Waals surface area (Å²) in [7, 11) is 0. The van der Waals surface area contributed by atoms with Crippen molar-refractivity contribution in [1.82, 2.24) is 16.0 Å². The monoisotopic (exact) mass is 192 g/mol. The summed E-state index contributed by atoms with van der Waals surface area (Å²) < 4.78 is 0. The zero-order chi connectivity index (χ0) is 9.72. The minimum atomic E-state index is -1.13. The first-order chi connectivity index (χ1) is 5.43.